The molecule has 1 N–H and O–H groups in total. The highest BCUT2D eigenvalue weighted by atomic mass is 15.1. The first-order valence-corrected chi connectivity index (χ1v) is 5.50. The van der Waals surface area contributed by atoms with Crippen LogP contribution in [-0.4, -0.2) is 37.6 Å². The third-order valence-electron chi connectivity index (χ3n) is 2.10. The van der Waals surface area contributed by atoms with Crippen LogP contribution in [-0.2, 0) is 0 Å². The summed E-state index contributed by atoms with van der Waals surface area (Å²) in [7, 11) is 0. The van der Waals surface area contributed by atoms with Crippen molar-refractivity contribution in [2.45, 2.75) is 19.8 Å². The normalized spacial score (nSPS) is 10.4. The highest BCUT2D eigenvalue weighted by molar-refractivity contribution is 4.79. The predicted octanol–water partition coefficient (Wildman–Crippen LogP) is 2.05. The summed E-state index contributed by atoms with van der Waals surface area (Å²) in [5.74, 6) is 0. The van der Waals surface area contributed by atoms with Crippen LogP contribution in [0.25, 0.3) is 0 Å². The van der Waals surface area contributed by atoms with Gasteiger partial charge < -0.3 is 5.32 Å². The molecule has 14 heavy (non-hydrogen) atoms. The average Bonchev–Trinajstić information content (AvgIpc) is 2.18. The van der Waals surface area contributed by atoms with Crippen molar-refractivity contribution < 1.29 is 0 Å². The highest BCUT2D eigenvalue weighted by Crippen LogP contribution is 1.95. The molecule has 0 heterocycles. The van der Waals surface area contributed by atoms with Crippen molar-refractivity contribution in [3.05, 3.63) is 25.3 Å². The number of hydrogen-bond donors (Lipinski definition) is 1. The van der Waals surface area contributed by atoms with Crippen LogP contribution in [0.2, 0.25) is 0 Å². The monoisotopic (exact) mass is 196 g/mol. The van der Waals surface area contributed by atoms with E-state index in [4.69, 9.17) is 0 Å². The van der Waals surface area contributed by atoms with Crippen LogP contribution in [0.15, 0.2) is 25.3 Å². The van der Waals surface area contributed by atoms with Crippen LogP contribution >= 0.6 is 0 Å². The Kier molecular flexibility index (Phi) is 10.0. The lowest BCUT2D eigenvalue weighted by Gasteiger charge is -2.18. The predicted molar refractivity (Wildman–Crippen MR) is 64.6 cm³/mol. The molecule has 82 valence electrons. The molecule has 0 radical (unpaired) electrons. The topological polar surface area (TPSA) is 15.3 Å². The third-order valence-corrected chi connectivity index (χ3v) is 2.10. The zero-order chi connectivity index (χ0) is 10.6. The van der Waals surface area contributed by atoms with Gasteiger partial charge in [-0.2, -0.15) is 0 Å². The fourth-order valence-electron chi connectivity index (χ4n) is 1.38. The molecular weight excluding hydrogens is 172 g/mol. The van der Waals surface area contributed by atoms with E-state index in [1.165, 1.54) is 12.8 Å². The largest absolute Gasteiger partial charge is 0.317 e. The van der Waals surface area contributed by atoms with Gasteiger partial charge in [-0.25, -0.2) is 0 Å². The quantitative estimate of drug-likeness (QED) is 0.425. The number of rotatable bonds is 10. The summed E-state index contributed by atoms with van der Waals surface area (Å²) < 4.78 is 0. The molecule has 0 amide bonds. The zero-order valence-electron chi connectivity index (χ0n) is 9.47. The van der Waals surface area contributed by atoms with Gasteiger partial charge in [-0.05, 0) is 32.5 Å². The van der Waals surface area contributed by atoms with Crippen LogP contribution in [0.3, 0.4) is 0 Å². The van der Waals surface area contributed by atoms with Gasteiger partial charge in [0.2, 0.25) is 0 Å². The van der Waals surface area contributed by atoms with E-state index in [-0.39, 0.29) is 0 Å². The molecule has 0 spiro atoms. The number of hydrogen-bond acceptors (Lipinski definition) is 2. The summed E-state index contributed by atoms with van der Waals surface area (Å²) in [5, 5.41) is 3.33. The Morgan fingerprint density at radius 2 is 1.79 bits per heavy atom. The van der Waals surface area contributed by atoms with Crippen LogP contribution in [0, 0.1) is 0 Å². The Hall–Kier alpha value is -0.600. The Labute approximate surface area is 88.7 Å². The number of nitrogens with zero attached hydrogens (tertiary/aromatic N) is 1. The second-order valence-corrected chi connectivity index (χ2v) is 3.40. The summed E-state index contributed by atoms with van der Waals surface area (Å²) in [5.41, 5.74) is 0. The molecule has 2 heteroatoms. The molecule has 0 saturated heterocycles. The lowest BCUT2D eigenvalue weighted by atomic mass is 10.3. The van der Waals surface area contributed by atoms with Gasteiger partial charge >= 0.3 is 0 Å². The molecule has 0 saturated carbocycles. The third kappa shape index (κ3) is 8.02. The van der Waals surface area contributed by atoms with Crippen molar-refractivity contribution in [2.75, 3.05) is 32.7 Å². The second-order valence-electron chi connectivity index (χ2n) is 3.40. The summed E-state index contributed by atoms with van der Waals surface area (Å²) in [6.45, 7) is 14.9. The summed E-state index contributed by atoms with van der Waals surface area (Å²) in [6, 6.07) is 0. The molecule has 0 aliphatic rings. The minimum absolute atomic E-state index is 0.966. The van der Waals surface area contributed by atoms with E-state index in [9.17, 15) is 0 Å². The standard InChI is InChI=1S/C12H24N2/c1-4-10-14(11-5-2)12-8-7-9-13-6-3/h4-5,13H,1-2,6-12H2,3H3. The van der Waals surface area contributed by atoms with E-state index in [0.29, 0.717) is 0 Å². The molecule has 0 atom stereocenters. The molecule has 0 rings (SSSR count). The lowest BCUT2D eigenvalue weighted by Crippen LogP contribution is -2.26. The molecule has 0 unspecified atom stereocenters. The molecule has 0 aliphatic heterocycles. The van der Waals surface area contributed by atoms with Crippen molar-refractivity contribution >= 4 is 0 Å². The second kappa shape index (κ2) is 10.5. The Morgan fingerprint density at radius 3 is 2.29 bits per heavy atom. The maximum atomic E-state index is 3.75. The van der Waals surface area contributed by atoms with E-state index < -0.39 is 0 Å². The maximum absolute atomic E-state index is 3.75. The molecule has 0 aromatic heterocycles. The van der Waals surface area contributed by atoms with E-state index in [2.05, 4.69) is 30.3 Å². The van der Waals surface area contributed by atoms with Gasteiger partial charge in [-0.15, -0.1) is 13.2 Å². The molecule has 0 bridgehead atoms. The van der Waals surface area contributed by atoms with Crippen LogP contribution < -0.4 is 5.32 Å². The van der Waals surface area contributed by atoms with Crippen molar-refractivity contribution in [3.8, 4) is 0 Å². The first-order chi connectivity index (χ1) is 6.85. The fourth-order valence-corrected chi connectivity index (χ4v) is 1.38. The molecule has 0 aromatic carbocycles. The summed E-state index contributed by atoms with van der Waals surface area (Å²) in [6.07, 6.45) is 6.40. The van der Waals surface area contributed by atoms with Crippen molar-refractivity contribution in [1.82, 2.24) is 10.2 Å². The minimum Gasteiger partial charge on any atom is -0.317 e. The van der Waals surface area contributed by atoms with Crippen molar-refractivity contribution in [1.29, 1.82) is 0 Å². The maximum Gasteiger partial charge on any atom is 0.0163 e. The van der Waals surface area contributed by atoms with Gasteiger partial charge in [-0.1, -0.05) is 19.1 Å². The van der Waals surface area contributed by atoms with Gasteiger partial charge in [0.25, 0.3) is 0 Å². The van der Waals surface area contributed by atoms with E-state index in [1.807, 2.05) is 12.2 Å². The Morgan fingerprint density at radius 1 is 1.14 bits per heavy atom. The minimum atomic E-state index is 0.966. The van der Waals surface area contributed by atoms with E-state index in [1.54, 1.807) is 0 Å². The van der Waals surface area contributed by atoms with E-state index >= 15 is 0 Å². The SMILES string of the molecule is C=CCN(CC=C)CCCCNCC. The van der Waals surface area contributed by atoms with Gasteiger partial charge in [-0.3, -0.25) is 4.90 Å². The molecule has 2 nitrogen and oxygen atoms in total. The molecular formula is C12H24N2. The van der Waals surface area contributed by atoms with Gasteiger partial charge in [0, 0.05) is 13.1 Å². The van der Waals surface area contributed by atoms with Crippen molar-refractivity contribution in [3.63, 3.8) is 0 Å². The molecule has 0 fully saturated rings. The smallest absolute Gasteiger partial charge is 0.0163 e. The number of unbranched alkanes of at least 4 members (excludes halogenated alkanes) is 1. The summed E-state index contributed by atoms with van der Waals surface area (Å²) >= 11 is 0. The van der Waals surface area contributed by atoms with Gasteiger partial charge in [0.15, 0.2) is 0 Å². The first-order valence-electron chi connectivity index (χ1n) is 5.50. The zero-order valence-corrected chi connectivity index (χ0v) is 9.47. The van der Waals surface area contributed by atoms with Gasteiger partial charge in [0.05, 0.1) is 0 Å². The Bertz CT molecular complexity index is 133. The first kappa shape index (κ1) is 13.4. The number of nitrogens with one attached hydrogen (secondary N) is 1. The molecule has 0 aliphatic carbocycles. The fraction of sp³-hybridized carbons (Fsp3) is 0.667. The van der Waals surface area contributed by atoms with Crippen LogP contribution in [0.1, 0.15) is 19.8 Å². The van der Waals surface area contributed by atoms with E-state index in [0.717, 1.165) is 32.7 Å². The highest BCUT2D eigenvalue weighted by Gasteiger charge is 1.98. The summed E-state index contributed by atoms with van der Waals surface area (Å²) in [4.78, 5) is 2.35. The average molecular weight is 196 g/mol. The molecule has 0 aromatic rings. The van der Waals surface area contributed by atoms with Crippen molar-refractivity contribution in [2.24, 2.45) is 0 Å². The lowest BCUT2D eigenvalue weighted by molar-refractivity contribution is 0.326. The van der Waals surface area contributed by atoms with Crippen LogP contribution in [0.4, 0.5) is 0 Å². The Balaban J connectivity index is 3.39. The van der Waals surface area contributed by atoms with Gasteiger partial charge in [0.1, 0.15) is 0 Å². The van der Waals surface area contributed by atoms with Crippen LogP contribution in [0.5, 0.6) is 0 Å².